The number of halogens is 2. The van der Waals surface area contributed by atoms with Gasteiger partial charge in [-0.3, -0.25) is 0 Å². The van der Waals surface area contributed by atoms with Crippen LogP contribution in [0.25, 0.3) is 0 Å². The van der Waals surface area contributed by atoms with E-state index in [0.29, 0.717) is 4.83 Å². The average molecular weight is 312 g/mol. The maximum absolute atomic E-state index is 3.63. The summed E-state index contributed by atoms with van der Waals surface area (Å²) in [5.41, 5.74) is 0. The van der Waals surface area contributed by atoms with Crippen LogP contribution in [0.2, 0.25) is 0 Å². The molecule has 1 heterocycles. The van der Waals surface area contributed by atoms with Crippen molar-refractivity contribution >= 4 is 43.2 Å². The molecule has 1 aromatic rings. The van der Waals surface area contributed by atoms with Crippen LogP contribution >= 0.6 is 43.2 Å². The molecule has 0 radical (unpaired) electrons. The maximum atomic E-state index is 3.63. The molecule has 0 N–H and O–H groups in total. The van der Waals surface area contributed by atoms with E-state index in [1.54, 1.807) is 0 Å². The number of hydrogen-bond acceptors (Lipinski definition) is 1. The van der Waals surface area contributed by atoms with Crippen LogP contribution in [-0.2, 0) is 6.42 Å². The van der Waals surface area contributed by atoms with Gasteiger partial charge in [-0.05, 0) is 41.3 Å². The lowest BCUT2D eigenvalue weighted by Gasteiger charge is -2.03. The van der Waals surface area contributed by atoms with E-state index in [9.17, 15) is 0 Å². The zero-order chi connectivity index (χ0) is 8.97. The van der Waals surface area contributed by atoms with Crippen molar-refractivity contribution in [3.05, 3.63) is 20.8 Å². The largest absolute Gasteiger partial charge is 0.148 e. The molecule has 0 saturated heterocycles. The van der Waals surface area contributed by atoms with Gasteiger partial charge in [-0.1, -0.05) is 22.9 Å². The van der Waals surface area contributed by atoms with Gasteiger partial charge in [0, 0.05) is 19.6 Å². The highest BCUT2D eigenvalue weighted by molar-refractivity contribution is 9.10. The lowest BCUT2D eigenvalue weighted by Crippen LogP contribution is -1.96. The summed E-state index contributed by atoms with van der Waals surface area (Å²) in [6, 6.07) is 2.21. The Bertz CT molecular complexity index is 232. The van der Waals surface area contributed by atoms with Crippen molar-refractivity contribution in [1.29, 1.82) is 0 Å². The van der Waals surface area contributed by atoms with Crippen LogP contribution in [0.1, 0.15) is 24.6 Å². The van der Waals surface area contributed by atoms with Crippen LogP contribution in [0.3, 0.4) is 0 Å². The van der Waals surface area contributed by atoms with E-state index in [0.717, 1.165) is 0 Å². The molecule has 0 saturated carbocycles. The zero-order valence-electron chi connectivity index (χ0n) is 7.02. The minimum Gasteiger partial charge on any atom is -0.148 e. The van der Waals surface area contributed by atoms with Gasteiger partial charge in [-0.15, -0.1) is 11.3 Å². The highest BCUT2D eigenvalue weighted by Crippen LogP contribution is 2.22. The summed E-state index contributed by atoms with van der Waals surface area (Å²) in [5, 5.41) is 2.14. The van der Waals surface area contributed by atoms with Crippen molar-refractivity contribution in [2.24, 2.45) is 0 Å². The first-order valence-electron chi connectivity index (χ1n) is 4.09. The Morgan fingerprint density at radius 2 is 2.33 bits per heavy atom. The molecule has 0 amide bonds. The van der Waals surface area contributed by atoms with Crippen molar-refractivity contribution in [2.45, 2.75) is 31.0 Å². The van der Waals surface area contributed by atoms with E-state index in [1.165, 1.54) is 28.6 Å². The van der Waals surface area contributed by atoms with Gasteiger partial charge >= 0.3 is 0 Å². The van der Waals surface area contributed by atoms with Gasteiger partial charge in [0.1, 0.15) is 0 Å². The first-order valence-corrected chi connectivity index (χ1v) is 6.68. The van der Waals surface area contributed by atoms with Crippen molar-refractivity contribution in [3.8, 4) is 0 Å². The standard InChI is InChI=1S/C9H12Br2S/c1-2-7(10)3-4-9-5-8(11)6-12-9/h5-7H,2-4H2,1H3. The topological polar surface area (TPSA) is 0 Å². The summed E-state index contributed by atoms with van der Waals surface area (Å²) < 4.78 is 1.21. The molecule has 0 nitrogen and oxygen atoms in total. The maximum Gasteiger partial charge on any atom is 0.0285 e. The quantitative estimate of drug-likeness (QED) is 0.712. The summed E-state index contributed by atoms with van der Waals surface area (Å²) >= 11 is 8.92. The average Bonchev–Trinajstić information content (AvgIpc) is 2.47. The molecule has 0 bridgehead atoms. The van der Waals surface area contributed by atoms with Crippen molar-refractivity contribution in [2.75, 3.05) is 0 Å². The van der Waals surface area contributed by atoms with Gasteiger partial charge in [-0.2, -0.15) is 0 Å². The van der Waals surface area contributed by atoms with Crippen LogP contribution in [0.5, 0.6) is 0 Å². The molecule has 0 aliphatic carbocycles. The van der Waals surface area contributed by atoms with Gasteiger partial charge in [0.15, 0.2) is 0 Å². The van der Waals surface area contributed by atoms with E-state index in [-0.39, 0.29) is 0 Å². The molecule has 0 fully saturated rings. The molecule has 1 unspecified atom stereocenters. The van der Waals surface area contributed by atoms with Crippen LogP contribution < -0.4 is 0 Å². The highest BCUT2D eigenvalue weighted by atomic mass is 79.9. The van der Waals surface area contributed by atoms with Crippen molar-refractivity contribution in [1.82, 2.24) is 0 Å². The summed E-state index contributed by atoms with van der Waals surface area (Å²) in [4.78, 5) is 2.15. The zero-order valence-corrected chi connectivity index (χ0v) is 11.0. The summed E-state index contributed by atoms with van der Waals surface area (Å²) in [6.07, 6.45) is 3.65. The summed E-state index contributed by atoms with van der Waals surface area (Å²) in [5.74, 6) is 0. The third-order valence-electron chi connectivity index (χ3n) is 1.77. The molecule has 0 aromatic carbocycles. The predicted molar refractivity (Wildman–Crippen MR) is 63.3 cm³/mol. The van der Waals surface area contributed by atoms with E-state index in [1.807, 2.05) is 11.3 Å². The van der Waals surface area contributed by atoms with Crippen molar-refractivity contribution < 1.29 is 0 Å². The highest BCUT2D eigenvalue weighted by Gasteiger charge is 2.02. The molecular weight excluding hydrogens is 300 g/mol. The smallest absolute Gasteiger partial charge is 0.0285 e. The monoisotopic (exact) mass is 310 g/mol. The summed E-state index contributed by atoms with van der Waals surface area (Å²) in [6.45, 7) is 2.21. The lowest BCUT2D eigenvalue weighted by molar-refractivity contribution is 0.752. The Morgan fingerprint density at radius 1 is 1.58 bits per heavy atom. The van der Waals surface area contributed by atoms with E-state index >= 15 is 0 Å². The molecule has 0 aliphatic rings. The number of alkyl halides is 1. The fourth-order valence-electron chi connectivity index (χ4n) is 0.988. The lowest BCUT2D eigenvalue weighted by atomic mass is 10.2. The van der Waals surface area contributed by atoms with Gasteiger partial charge < -0.3 is 0 Å². The minimum absolute atomic E-state index is 0.679. The fraction of sp³-hybridized carbons (Fsp3) is 0.556. The number of thiophene rings is 1. The normalized spacial score (nSPS) is 13.2. The molecule has 0 spiro atoms. The minimum atomic E-state index is 0.679. The fourth-order valence-corrected chi connectivity index (χ4v) is 2.69. The molecular formula is C9H12Br2S. The summed E-state index contributed by atoms with van der Waals surface area (Å²) in [7, 11) is 0. The predicted octanol–water partition coefficient (Wildman–Crippen LogP) is 4.62. The number of rotatable bonds is 4. The molecule has 1 rings (SSSR count). The Kier molecular flexibility index (Phi) is 4.84. The van der Waals surface area contributed by atoms with E-state index in [2.05, 4.69) is 50.2 Å². The molecule has 3 heteroatoms. The second kappa shape index (κ2) is 5.40. The van der Waals surface area contributed by atoms with Gasteiger partial charge in [-0.25, -0.2) is 0 Å². The SMILES string of the molecule is CCC(Br)CCc1cc(Br)cs1. The Morgan fingerprint density at radius 3 is 2.83 bits per heavy atom. The second-order valence-electron chi connectivity index (χ2n) is 2.78. The van der Waals surface area contributed by atoms with Gasteiger partial charge in [0.2, 0.25) is 0 Å². The Labute approximate surface area is 94.6 Å². The van der Waals surface area contributed by atoms with Crippen LogP contribution in [0.4, 0.5) is 0 Å². The van der Waals surface area contributed by atoms with Crippen LogP contribution in [0, 0.1) is 0 Å². The number of aryl methyl sites for hydroxylation is 1. The second-order valence-corrected chi connectivity index (χ2v) is 5.98. The molecule has 1 aromatic heterocycles. The van der Waals surface area contributed by atoms with Crippen LogP contribution in [-0.4, -0.2) is 4.83 Å². The Balaban J connectivity index is 2.33. The third kappa shape index (κ3) is 3.58. The van der Waals surface area contributed by atoms with Crippen molar-refractivity contribution in [3.63, 3.8) is 0 Å². The first kappa shape index (κ1) is 10.7. The first-order chi connectivity index (χ1) is 5.72. The van der Waals surface area contributed by atoms with E-state index in [4.69, 9.17) is 0 Å². The third-order valence-corrected chi connectivity index (χ3v) is 4.63. The molecule has 68 valence electrons. The van der Waals surface area contributed by atoms with Gasteiger partial charge in [0.05, 0.1) is 0 Å². The van der Waals surface area contributed by atoms with E-state index < -0.39 is 0 Å². The Hall–Kier alpha value is 0.660. The molecule has 0 aliphatic heterocycles. The van der Waals surface area contributed by atoms with Gasteiger partial charge in [0.25, 0.3) is 0 Å². The van der Waals surface area contributed by atoms with Crippen LogP contribution in [0.15, 0.2) is 15.9 Å². The molecule has 12 heavy (non-hydrogen) atoms. The molecule has 1 atom stereocenters. The number of hydrogen-bond donors (Lipinski definition) is 0.